The molecule has 0 radical (unpaired) electrons. The van der Waals surface area contributed by atoms with E-state index in [9.17, 15) is 13.2 Å². The number of para-hydroxylation sites is 1. The van der Waals surface area contributed by atoms with Crippen LogP contribution in [-0.4, -0.2) is 30.1 Å². The minimum atomic E-state index is -3.85. The molecule has 0 saturated carbocycles. The van der Waals surface area contributed by atoms with Crippen molar-refractivity contribution in [2.24, 2.45) is 0 Å². The third-order valence-corrected chi connectivity index (χ3v) is 8.06. The average Bonchev–Trinajstić information content (AvgIpc) is 3.52. The highest BCUT2D eigenvalue weighted by atomic mass is 32.2. The predicted molar refractivity (Wildman–Crippen MR) is 127 cm³/mol. The Morgan fingerprint density at radius 3 is 2.59 bits per heavy atom. The highest BCUT2D eigenvalue weighted by Gasteiger charge is 2.34. The number of nitrogens with one attached hydrogen (secondary N) is 2. The summed E-state index contributed by atoms with van der Waals surface area (Å²) >= 11 is 1.56. The Balaban J connectivity index is 1.46. The molecule has 4 aromatic rings. The van der Waals surface area contributed by atoms with Crippen LogP contribution >= 0.6 is 11.3 Å². The zero-order chi connectivity index (χ0) is 22.3. The SMILES string of the molecule is Cc1ccc([C@H]2C=C(c3cccs3)NN2C(=O)CS(=O)(=O)c2c[nH]c3ccccc23)cc1. The second kappa shape index (κ2) is 7.96. The fourth-order valence-corrected chi connectivity index (χ4v) is 5.95. The van der Waals surface area contributed by atoms with Crippen molar-refractivity contribution in [3.05, 3.63) is 94.3 Å². The normalized spacial score (nSPS) is 16.2. The highest BCUT2D eigenvalue weighted by molar-refractivity contribution is 7.92. The number of amides is 1. The molecule has 2 aromatic carbocycles. The summed E-state index contributed by atoms with van der Waals surface area (Å²) in [7, 11) is -3.85. The number of fused-ring (bicyclic) bond motifs is 1. The number of carbonyl (C=O) groups is 1. The Bertz CT molecular complexity index is 1420. The number of benzene rings is 2. The molecule has 2 aromatic heterocycles. The molecular formula is C24H21N3O3S2. The number of H-pyrrole nitrogens is 1. The molecule has 0 spiro atoms. The van der Waals surface area contributed by atoms with Gasteiger partial charge in [-0.15, -0.1) is 11.3 Å². The van der Waals surface area contributed by atoms with Crippen LogP contribution in [0.1, 0.15) is 22.0 Å². The highest BCUT2D eigenvalue weighted by Crippen LogP contribution is 2.33. The molecular weight excluding hydrogens is 442 g/mol. The maximum absolute atomic E-state index is 13.3. The molecule has 3 heterocycles. The number of rotatable bonds is 5. The molecule has 6 nitrogen and oxygen atoms in total. The number of carbonyl (C=O) groups excluding carboxylic acids is 1. The zero-order valence-corrected chi connectivity index (χ0v) is 18.9. The van der Waals surface area contributed by atoms with Gasteiger partial charge in [-0.25, -0.2) is 13.4 Å². The van der Waals surface area contributed by atoms with E-state index in [4.69, 9.17) is 0 Å². The van der Waals surface area contributed by atoms with Crippen LogP contribution < -0.4 is 5.43 Å². The van der Waals surface area contributed by atoms with Gasteiger partial charge in [-0.1, -0.05) is 54.1 Å². The number of aromatic nitrogens is 1. The van der Waals surface area contributed by atoms with Crippen molar-refractivity contribution in [2.75, 3.05) is 5.75 Å². The molecule has 8 heteroatoms. The predicted octanol–water partition coefficient (Wildman–Crippen LogP) is 4.44. The van der Waals surface area contributed by atoms with E-state index in [2.05, 4.69) is 10.4 Å². The molecule has 0 fully saturated rings. The van der Waals surface area contributed by atoms with Gasteiger partial charge in [0.2, 0.25) is 0 Å². The summed E-state index contributed by atoms with van der Waals surface area (Å²) in [5.41, 5.74) is 6.68. The monoisotopic (exact) mass is 463 g/mol. The van der Waals surface area contributed by atoms with E-state index in [1.165, 1.54) is 11.2 Å². The average molecular weight is 464 g/mol. The Hall–Kier alpha value is -3.36. The van der Waals surface area contributed by atoms with Gasteiger partial charge in [0.05, 0.1) is 21.5 Å². The van der Waals surface area contributed by atoms with E-state index in [-0.39, 0.29) is 4.90 Å². The van der Waals surface area contributed by atoms with E-state index in [0.29, 0.717) is 5.39 Å². The van der Waals surface area contributed by atoms with Crippen LogP contribution in [-0.2, 0) is 14.6 Å². The molecule has 5 rings (SSSR count). The smallest absolute Gasteiger partial charge is 0.257 e. The Morgan fingerprint density at radius 1 is 1.06 bits per heavy atom. The summed E-state index contributed by atoms with van der Waals surface area (Å²) in [6.07, 6.45) is 3.42. The number of hydrazine groups is 1. The first-order chi connectivity index (χ1) is 15.4. The number of hydrogen-bond donors (Lipinski definition) is 2. The van der Waals surface area contributed by atoms with Crippen LogP contribution in [0.25, 0.3) is 16.6 Å². The maximum atomic E-state index is 13.3. The van der Waals surface area contributed by atoms with Crippen molar-refractivity contribution in [3.63, 3.8) is 0 Å². The largest absolute Gasteiger partial charge is 0.360 e. The van der Waals surface area contributed by atoms with Gasteiger partial charge in [0.25, 0.3) is 5.91 Å². The van der Waals surface area contributed by atoms with Crippen LogP contribution in [0.4, 0.5) is 0 Å². The van der Waals surface area contributed by atoms with Gasteiger partial charge >= 0.3 is 0 Å². The van der Waals surface area contributed by atoms with E-state index < -0.39 is 27.5 Å². The lowest BCUT2D eigenvalue weighted by molar-refractivity contribution is -0.131. The van der Waals surface area contributed by atoms with Crippen LogP contribution in [0.15, 0.2) is 83.2 Å². The second-order valence-corrected chi connectivity index (χ2v) is 10.7. The number of aryl methyl sites for hydroxylation is 1. The Morgan fingerprint density at radius 2 is 1.84 bits per heavy atom. The molecule has 0 unspecified atom stereocenters. The Labute approximate surface area is 190 Å². The van der Waals surface area contributed by atoms with Gasteiger partial charge in [-0.2, -0.15) is 0 Å². The van der Waals surface area contributed by atoms with Crippen LogP contribution in [0.3, 0.4) is 0 Å². The van der Waals surface area contributed by atoms with Gasteiger partial charge in [0, 0.05) is 17.1 Å². The molecule has 1 aliphatic heterocycles. The van der Waals surface area contributed by atoms with Crippen molar-refractivity contribution < 1.29 is 13.2 Å². The molecule has 1 atom stereocenters. The molecule has 0 saturated heterocycles. The van der Waals surface area contributed by atoms with Gasteiger partial charge in [-0.3, -0.25) is 10.2 Å². The molecule has 0 bridgehead atoms. The molecule has 1 aliphatic rings. The van der Waals surface area contributed by atoms with Crippen molar-refractivity contribution in [3.8, 4) is 0 Å². The molecule has 2 N–H and O–H groups in total. The van der Waals surface area contributed by atoms with Crippen molar-refractivity contribution in [2.45, 2.75) is 17.9 Å². The number of sulfone groups is 1. The molecule has 162 valence electrons. The van der Waals surface area contributed by atoms with Crippen molar-refractivity contribution >= 4 is 43.7 Å². The van der Waals surface area contributed by atoms with Gasteiger partial charge in [0.1, 0.15) is 5.75 Å². The lowest BCUT2D eigenvalue weighted by Crippen LogP contribution is -2.42. The number of aromatic amines is 1. The van der Waals surface area contributed by atoms with Crippen molar-refractivity contribution in [1.82, 2.24) is 15.4 Å². The topological polar surface area (TPSA) is 82.3 Å². The van der Waals surface area contributed by atoms with Crippen molar-refractivity contribution in [1.29, 1.82) is 0 Å². The first kappa shape index (κ1) is 20.5. The fraction of sp³-hybridized carbons (Fsp3) is 0.125. The lowest BCUT2D eigenvalue weighted by Gasteiger charge is -2.25. The van der Waals surface area contributed by atoms with E-state index in [1.807, 2.05) is 66.9 Å². The summed E-state index contributed by atoms with van der Waals surface area (Å²) in [6.45, 7) is 2.00. The van der Waals surface area contributed by atoms with Gasteiger partial charge in [0.15, 0.2) is 9.84 Å². The number of thiophene rings is 1. The fourth-order valence-electron chi connectivity index (χ4n) is 3.88. The molecule has 1 amide bonds. The van der Waals surface area contributed by atoms with Gasteiger partial charge < -0.3 is 4.98 Å². The number of nitrogens with zero attached hydrogens (tertiary/aromatic N) is 1. The van der Waals surface area contributed by atoms with Gasteiger partial charge in [-0.05, 0) is 36.1 Å². The van der Waals surface area contributed by atoms with Crippen LogP contribution in [0, 0.1) is 6.92 Å². The van der Waals surface area contributed by atoms with E-state index in [1.54, 1.807) is 23.5 Å². The standard InChI is InChI=1S/C24H21N3O3S2/c1-16-8-10-17(11-9-16)21-13-20(22-7-4-12-31-22)26-27(21)24(28)15-32(29,30)23-14-25-19-6-3-2-5-18(19)23/h2-14,21,25-26H,15H2,1H3/t21-/m1/s1. The number of hydrogen-bond acceptors (Lipinski definition) is 5. The quantitative estimate of drug-likeness (QED) is 0.458. The maximum Gasteiger partial charge on any atom is 0.257 e. The third-order valence-electron chi connectivity index (χ3n) is 5.52. The molecule has 32 heavy (non-hydrogen) atoms. The summed E-state index contributed by atoms with van der Waals surface area (Å²) in [5, 5.41) is 3.97. The lowest BCUT2D eigenvalue weighted by atomic mass is 10.0. The van der Waals surface area contributed by atoms with Crippen LogP contribution in [0.5, 0.6) is 0 Å². The summed E-state index contributed by atoms with van der Waals surface area (Å²) in [6, 6.07) is 18.6. The molecule has 0 aliphatic carbocycles. The first-order valence-corrected chi connectivity index (χ1v) is 12.7. The second-order valence-electron chi connectivity index (χ2n) is 7.75. The summed E-state index contributed by atoms with van der Waals surface area (Å²) in [4.78, 5) is 17.4. The summed E-state index contributed by atoms with van der Waals surface area (Å²) in [5.74, 6) is -1.14. The summed E-state index contributed by atoms with van der Waals surface area (Å²) < 4.78 is 26.3. The van der Waals surface area contributed by atoms with E-state index >= 15 is 0 Å². The minimum Gasteiger partial charge on any atom is -0.360 e. The van der Waals surface area contributed by atoms with Crippen LogP contribution in [0.2, 0.25) is 0 Å². The third kappa shape index (κ3) is 3.72. The van der Waals surface area contributed by atoms with E-state index in [0.717, 1.165) is 27.2 Å². The first-order valence-electron chi connectivity index (χ1n) is 10.1. The minimum absolute atomic E-state index is 0.138. The Kier molecular flexibility index (Phi) is 5.11. The zero-order valence-electron chi connectivity index (χ0n) is 17.3.